The third kappa shape index (κ3) is 2.50. The Kier molecular flexibility index (Phi) is 3.50. The van der Waals surface area contributed by atoms with Crippen molar-refractivity contribution in [1.82, 2.24) is 24.1 Å². The van der Waals surface area contributed by atoms with Crippen molar-refractivity contribution in [1.29, 1.82) is 0 Å². The Morgan fingerprint density at radius 2 is 2.23 bits per heavy atom. The van der Waals surface area contributed by atoms with Crippen molar-refractivity contribution in [3.63, 3.8) is 0 Å². The molecular formula is C14H16N6O2. The Morgan fingerprint density at radius 1 is 1.41 bits per heavy atom. The van der Waals surface area contributed by atoms with E-state index in [4.69, 9.17) is 4.74 Å². The van der Waals surface area contributed by atoms with Gasteiger partial charge in [0.2, 0.25) is 0 Å². The molecule has 0 spiro atoms. The Hall–Kier alpha value is -2.90. The Labute approximate surface area is 126 Å². The van der Waals surface area contributed by atoms with Crippen LogP contribution in [0.5, 0.6) is 0 Å². The van der Waals surface area contributed by atoms with E-state index in [1.54, 1.807) is 17.6 Å². The fraction of sp³-hybridized carbons (Fsp3) is 0.286. The first-order valence-electron chi connectivity index (χ1n) is 6.89. The van der Waals surface area contributed by atoms with Crippen molar-refractivity contribution < 1.29 is 9.53 Å². The number of rotatable bonds is 3. The number of carbonyl (C=O) groups is 1. The number of aromatic nitrogens is 5. The van der Waals surface area contributed by atoms with Crippen LogP contribution in [0.3, 0.4) is 0 Å². The molecule has 0 saturated heterocycles. The standard InChI is InChI=1S/C14H16N6O2/c1-4-22-14(21)17-13-16-12-9(2)7-11(8-20(12)18-13)19-6-5-15-10(19)3/h5-8H,4H2,1-3H3,(H,17,18,21). The first kappa shape index (κ1) is 14.1. The summed E-state index contributed by atoms with van der Waals surface area (Å²) in [5.41, 5.74) is 2.54. The van der Waals surface area contributed by atoms with Crippen molar-refractivity contribution in [3.05, 3.63) is 36.0 Å². The minimum atomic E-state index is -0.568. The van der Waals surface area contributed by atoms with Gasteiger partial charge in [0.15, 0.2) is 5.65 Å². The van der Waals surface area contributed by atoms with Crippen molar-refractivity contribution in [2.75, 3.05) is 11.9 Å². The summed E-state index contributed by atoms with van der Waals surface area (Å²) >= 11 is 0. The first-order chi connectivity index (χ1) is 10.6. The van der Waals surface area contributed by atoms with Crippen LogP contribution in [0.25, 0.3) is 11.3 Å². The van der Waals surface area contributed by atoms with Crippen LogP contribution in [0.15, 0.2) is 24.7 Å². The van der Waals surface area contributed by atoms with Gasteiger partial charge in [0.25, 0.3) is 5.95 Å². The van der Waals surface area contributed by atoms with Crippen molar-refractivity contribution in [3.8, 4) is 5.69 Å². The summed E-state index contributed by atoms with van der Waals surface area (Å²) in [7, 11) is 0. The van der Waals surface area contributed by atoms with E-state index in [-0.39, 0.29) is 5.95 Å². The molecular weight excluding hydrogens is 284 g/mol. The third-order valence-electron chi connectivity index (χ3n) is 3.20. The molecule has 0 saturated carbocycles. The summed E-state index contributed by atoms with van der Waals surface area (Å²) in [4.78, 5) is 19.9. The van der Waals surface area contributed by atoms with Gasteiger partial charge in [-0.3, -0.25) is 5.32 Å². The van der Waals surface area contributed by atoms with Gasteiger partial charge in [0.1, 0.15) is 5.82 Å². The van der Waals surface area contributed by atoms with Gasteiger partial charge >= 0.3 is 6.09 Å². The fourth-order valence-corrected chi connectivity index (χ4v) is 2.23. The normalized spacial score (nSPS) is 10.9. The number of hydrogen-bond donors (Lipinski definition) is 1. The molecule has 1 N–H and O–H groups in total. The number of hydrogen-bond acceptors (Lipinski definition) is 5. The van der Waals surface area contributed by atoms with E-state index in [9.17, 15) is 4.79 Å². The minimum absolute atomic E-state index is 0.209. The summed E-state index contributed by atoms with van der Waals surface area (Å²) in [6, 6.07) is 1.99. The summed E-state index contributed by atoms with van der Waals surface area (Å²) < 4.78 is 8.40. The van der Waals surface area contributed by atoms with E-state index in [0.29, 0.717) is 12.3 Å². The number of carbonyl (C=O) groups excluding carboxylic acids is 1. The number of aryl methyl sites for hydroxylation is 2. The number of ether oxygens (including phenoxy) is 1. The Balaban J connectivity index is 2.00. The molecule has 0 aliphatic rings. The Morgan fingerprint density at radius 3 is 2.91 bits per heavy atom. The molecule has 0 aliphatic carbocycles. The zero-order valence-corrected chi connectivity index (χ0v) is 12.6. The lowest BCUT2D eigenvalue weighted by Gasteiger charge is -2.06. The number of pyridine rings is 1. The number of fused-ring (bicyclic) bond motifs is 1. The van der Waals surface area contributed by atoms with Gasteiger partial charge in [0.05, 0.1) is 18.5 Å². The molecule has 3 rings (SSSR count). The van der Waals surface area contributed by atoms with E-state index in [1.807, 2.05) is 36.9 Å². The largest absolute Gasteiger partial charge is 0.450 e. The van der Waals surface area contributed by atoms with Gasteiger partial charge in [-0.2, -0.15) is 4.98 Å². The van der Waals surface area contributed by atoms with Crippen LogP contribution in [0.1, 0.15) is 18.3 Å². The molecule has 0 radical (unpaired) electrons. The average molecular weight is 300 g/mol. The maximum atomic E-state index is 11.4. The van der Waals surface area contributed by atoms with Gasteiger partial charge in [-0.1, -0.05) is 0 Å². The monoisotopic (exact) mass is 300 g/mol. The first-order valence-corrected chi connectivity index (χ1v) is 6.89. The maximum absolute atomic E-state index is 11.4. The number of anilines is 1. The molecule has 0 unspecified atom stereocenters. The van der Waals surface area contributed by atoms with E-state index >= 15 is 0 Å². The van der Waals surface area contributed by atoms with Crippen LogP contribution >= 0.6 is 0 Å². The average Bonchev–Trinajstić information content (AvgIpc) is 3.05. The topological polar surface area (TPSA) is 86.3 Å². The number of nitrogens with one attached hydrogen (secondary N) is 1. The second-order valence-electron chi connectivity index (χ2n) is 4.77. The van der Waals surface area contributed by atoms with Crippen molar-refractivity contribution in [2.24, 2.45) is 0 Å². The molecule has 3 aromatic rings. The lowest BCUT2D eigenvalue weighted by atomic mass is 10.3. The van der Waals surface area contributed by atoms with Gasteiger partial charge in [-0.25, -0.2) is 14.3 Å². The molecule has 114 valence electrons. The zero-order valence-electron chi connectivity index (χ0n) is 12.6. The molecule has 8 heteroatoms. The predicted octanol–water partition coefficient (Wildman–Crippen LogP) is 2.10. The number of imidazole rings is 1. The second kappa shape index (κ2) is 5.47. The highest BCUT2D eigenvalue weighted by Crippen LogP contribution is 2.17. The molecule has 0 fully saturated rings. The van der Waals surface area contributed by atoms with Crippen molar-refractivity contribution >= 4 is 17.7 Å². The molecule has 3 aromatic heterocycles. The van der Waals surface area contributed by atoms with E-state index < -0.39 is 6.09 Å². The number of nitrogens with zero attached hydrogens (tertiary/aromatic N) is 5. The molecule has 22 heavy (non-hydrogen) atoms. The minimum Gasteiger partial charge on any atom is -0.450 e. The summed E-state index contributed by atoms with van der Waals surface area (Å²) in [6.07, 6.45) is 4.89. The third-order valence-corrected chi connectivity index (χ3v) is 3.20. The molecule has 0 aromatic carbocycles. The summed E-state index contributed by atoms with van der Waals surface area (Å²) in [6.45, 7) is 5.89. The van der Waals surface area contributed by atoms with Gasteiger partial charge in [-0.15, -0.1) is 5.10 Å². The van der Waals surface area contributed by atoms with Crippen LogP contribution in [0, 0.1) is 13.8 Å². The second-order valence-corrected chi connectivity index (χ2v) is 4.77. The highest BCUT2D eigenvalue weighted by molar-refractivity contribution is 5.82. The zero-order chi connectivity index (χ0) is 15.7. The SMILES string of the molecule is CCOC(=O)Nc1nc2c(C)cc(-n3ccnc3C)cn2n1. The fourth-order valence-electron chi connectivity index (χ4n) is 2.23. The molecule has 8 nitrogen and oxygen atoms in total. The van der Waals surface area contributed by atoms with Crippen LogP contribution < -0.4 is 5.32 Å². The Bertz CT molecular complexity index is 835. The van der Waals surface area contributed by atoms with Gasteiger partial charge < -0.3 is 9.30 Å². The van der Waals surface area contributed by atoms with E-state index in [2.05, 4.69) is 20.4 Å². The summed E-state index contributed by atoms with van der Waals surface area (Å²) in [5.74, 6) is 1.09. The highest BCUT2D eigenvalue weighted by atomic mass is 16.5. The van der Waals surface area contributed by atoms with E-state index in [1.165, 1.54) is 0 Å². The molecule has 0 atom stereocenters. The molecule has 0 aliphatic heterocycles. The number of amides is 1. The quantitative estimate of drug-likeness (QED) is 0.800. The van der Waals surface area contributed by atoms with Crippen LogP contribution in [-0.2, 0) is 4.74 Å². The van der Waals surface area contributed by atoms with Gasteiger partial charge in [-0.05, 0) is 32.4 Å². The smallest absolute Gasteiger partial charge is 0.414 e. The van der Waals surface area contributed by atoms with Crippen LogP contribution in [-0.4, -0.2) is 36.8 Å². The molecule has 1 amide bonds. The summed E-state index contributed by atoms with van der Waals surface area (Å²) in [5, 5.41) is 6.76. The lowest BCUT2D eigenvalue weighted by molar-refractivity contribution is 0.167. The molecule has 0 bridgehead atoms. The lowest BCUT2D eigenvalue weighted by Crippen LogP contribution is -2.14. The van der Waals surface area contributed by atoms with Crippen LogP contribution in [0.4, 0.5) is 10.7 Å². The van der Waals surface area contributed by atoms with Crippen molar-refractivity contribution in [2.45, 2.75) is 20.8 Å². The van der Waals surface area contributed by atoms with E-state index in [0.717, 1.165) is 17.1 Å². The maximum Gasteiger partial charge on any atom is 0.414 e. The van der Waals surface area contributed by atoms with Crippen LogP contribution in [0.2, 0.25) is 0 Å². The molecule has 3 heterocycles. The highest BCUT2D eigenvalue weighted by Gasteiger charge is 2.12. The van der Waals surface area contributed by atoms with Gasteiger partial charge in [0, 0.05) is 12.4 Å². The predicted molar refractivity (Wildman–Crippen MR) is 80.2 cm³/mol.